The molecule has 0 radical (unpaired) electrons. The quantitative estimate of drug-likeness (QED) is 0.614. The number of aliphatic hydroxyl groups excluding tert-OH is 1. The van der Waals surface area contributed by atoms with E-state index >= 15 is 0 Å². The lowest BCUT2D eigenvalue weighted by Crippen LogP contribution is -2.28. The lowest BCUT2D eigenvalue weighted by atomic mass is 9.77. The second kappa shape index (κ2) is 6.89. The largest absolute Gasteiger partial charge is 0.392 e. The number of benzene rings is 1. The number of hydrogen-bond acceptors (Lipinski definition) is 4. The number of Topliss-reactive ketones (excluding diaryl/α,β-unsaturated/α-hetero) is 1. The zero-order chi connectivity index (χ0) is 17.4. The average Bonchev–Trinajstić information content (AvgIpc) is 2.84. The van der Waals surface area contributed by atoms with Gasteiger partial charge >= 0.3 is 0 Å². The number of halogens is 2. The molecule has 0 aromatic heterocycles. The number of hydrogen-bond donors (Lipinski definition) is 2. The second-order valence-corrected chi connectivity index (χ2v) is 7.16. The molecule has 0 aliphatic heterocycles. The highest BCUT2D eigenvalue weighted by atomic mass is 35.5. The van der Waals surface area contributed by atoms with E-state index in [1.165, 1.54) is 7.11 Å². The molecule has 2 aliphatic carbocycles. The van der Waals surface area contributed by atoms with Crippen LogP contribution in [0.15, 0.2) is 36.0 Å². The summed E-state index contributed by atoms with van der Waals surface area (Å²) in [6.07, 6.45) is 1.74. The Hall–Kier alpha value is -1.33. The summed E-state index contributed by atoms with van der Waals surface area (Å²) in [4.78, 5) is 17.7. The molecule has 0 spiro atoms. The Morgan fingerprint density at radius 1 is 1.33 bits per heavy atom. The van der Waals surface area contributed by atoms with Gasteiger partial charge in [-0.15, -0.1) is 0 Å². The van der Waals surface area contributed by atoms with Gasteiger partial charge in [-0.2, -0.15) is 0 Å². The molecule has 2 aliphatic rings. The molecule has 1 aromatic carbocycles. The topological polar surface area (TPSA) is 58.6 Å². The summed E-state index contributed by atoms with van der Waals surface area (Å²) in [7, 11) is 1.42. The summed E-state index contributed by atoms with van der Waals surface area (Å²) in [5.74, 6) is -0.0481. The van der Waals surface area contributed by atoms with Crippen LogP contribution in [-0.2, 0) is 9.63 Å². The first-order chi connectivity index (χ1) is 11.4. The molecule has 0 amide bonds. The number of rotatable bonds is 5. The zero-order valence-corrected chi connectivity index (χ0v) is 14.8. The molecule has 0 heterocycles. The number of aliphatic hydroxyl groups is 1. The highest BCUT2D eigenvalue weighted by Crippen LogP contribution is 2.49. The van der Waals surface area contributed by atoms with Gasteiger partial charge in [-0.3, -0.25) is 15.1 Å². The van der Waals surface area contributed by atoms with Crippen LogP contribution in [0.25, 0.3) is 5.57 Å². The number of hydroxylamine groups is 1. The number of ketones is 1. The minimum atomic E-state index is -0.510. The predicted octanol–water partition coefficient (Wildman–Crippen LogP) is 3.77. The third-order valence-corrected chi connectivity index (χ3v) is 5.57. The normalized spacial score (nSPS) is 25.8. The fraction of sp³-hybridized carbons (Fsp3) is 0.389. The average molecular weight is 368 g/mol. The molecule has 1 fully saturated rings. The van der Waals surface area contributed by atoms with E-state index in [4.69, 9.17) is 28.0 Å². The molecule has 24 heavy (non-hydrogen) atoms. The van der Waals surface area contributed by atoms with Gasteiger partial charge in [-0.25, -0.2) is 0 Å². The smallest absolute Gasteiger partial charge is 0.207 e. The van der Waals surface area contributed by atoms with Crippen LogP contribution in [0.3, 0.4) is 0 Å². The van der Waals surface area contributed by atoms with Crippen molar-refractivity contribution in [1.29, 1.82) is 0 Å². The maximum Gasteiger partial charge on any atom is 0.207 e. The summed E-state index contributed by atoms with van der Waals surface area (Å²) in [6, 6.07) is 5.36. The van der Waals surface area contributed by atoms with Gasteiger partial charge in [-0.05, 0) is 48.4 Å². The van der Waals surface area contributed by atoms with Crippen LogP contribution >= 0.6 is 23.2 Å². The van der Waals surface area contributed by atoms with Crippen molar-refractivity contribution < 1.29 is 14.7 Å². The Morgan fingerprint density at radius 3 is 2.75 bits per heavy atom. The highest BCUT2D eigenvalue weighted by molar-refractivity contribution is 6.42. The Balaban J connectivity index is 2.10. The van der Waals surface area contributed by atoms with Crippen LogP contribution in [0.4, 0.5) is 0 Å². The molecule has 4 nitrogen and oxygen atoms in total. The van der Waals surface area contributed by atoms with E-state index < -0.39 is 6.10 Å². The molecule has 2 N–H and O–H groups in total. The second-order valence-electron chi connectivity index (χ2n) is 6.35. The van der Waals surface area contributed by atoms with Gasteiger partial charge in [0.2, 0.25) is 5.78 Å². The Morgan fingerprint density at radius 2 is 2.08 bits per heavy atom. The van der Waals surface area contributed by atoms with Crippen LogP contribution < -0.4 is 5.48 Å². The van der Waals surface area contributed by atoms with Crippen molar-refractivity contribution in [2.24, 2.45) is 11.8 Å². The number of nitrogens with one attached hydrogen (secondary N) is 1. The molecule has 128 valence electrons. The van der Waals surface area contributed by atoms with E-state index in [1.54, 1.807) is 12.1 Å². The monoisotopic (exact) mass is 367 g/mol. The van der Waals surface area contributed by atoms with E-state index in [2.05, 4.69) is 12.1 Å². The Bertz CT molecular complexity index is 729. The van der Waals surface area contributed by atoms with Crippen molar-refractivity contribution in [3.8, 4) is 0 Å². The van der Waals surface area contributed by atoms with E-state index in [9.17, 15) is 9.90 Å². The first kappa shape index (κ1) is 17.5. The summed E-state index contributed by atoms with van der Waals surface area (Å²) < 4.78 is 0. The molecule has 1 saturated carbocycles. The molecule has 6 heteroatoms. The van der Waals surface area contributed by atoms with Crippen LogP contribution in [0.5, 0.6) is 0 Å². The van der Waals surface area contributed by atoms with Gasteiger partial charge < -0.3 is 5.11 Å². The van der Waals surface area contributed by atoms with Gasteiger partial charge in [0.15, 0.2) is 0 Å². The molecule has 2 bridgehead atoms. The third kappa shape index (κ3) is 3.11. The lowest BCUT2D eigenvalue weighted by molar-refractivity contribution is -0.114. The van der Waals surface area contributed by atoms with Gasteiger partial charge in [0, 0.05) is 11.5 Å². The van der Waals surface area contributed by atoms with E-state index in [-0.39, 0.29) is 17.4 Å². The number of carbonyl (C=O) groups is 1. The molecule has 0 saturated heterocycles. The maximum absolute atomic E-state index is 12.9. The molecular weight excluding hydrogens is 349 g/mol. The van der Waals surface area contributed by atoms with Crippen molar-refractivity contribution in [1.82, 2.24) is 5.48 Å². The summed E-state index contributed by atoms with van der Waals surface area (Å²) in [6.45, 7) is 3.74. The highest BCUT2D eigenvalue weighted by Gasteiger charge is 2.43. The van der Waals surface area contributed by atoms with Gasteiger partial charge in [-0.1, -0.05) is 35.8 Å². The van der Waals surface area contributed by atoms with Gasteiger partial charge in [0.05, 0.1) is 23.3 Å². The zero-order valence-electron chi connectivity index (χ0n) is 13.3. The fourth-order valence-corrected chi connectivity index (χ4v) is 4.11. The maximum atomic E-state index is 12.9. The Labute approximate surface area is 151 Å². The van der Waals surface area contributed by atoms with Crippen molar-refractivity contribution >= 4 is 34.6 Å². The number of allylic oxidation sites excluding steroid dienone is 2. The van der Waals surface area contributed by atoms with Crippen LogP contribution in [0.1, 0.15) is 24.8 Å². The molecule has 3 rings (SSSR count). The summed E-state index contributed by atoms with van der Waals surface area (Å²) in [5, 5.41) is 11.3. The van der Waals surface area contributed by atoms with Crippen molar-refractivity contribution in [2.45, 2.75) is 25.4 Å². The van der Waals surface area contributed by atoms with Gasteiger partial charge in [0.25, 0.3) is 0 Å². The fourth-order valence-electron chi connectivity index (χ4n) is 3.81. The predicted molar refractivity (Wildman–Crippen MR) is 94.5 cm³/mol. The molecule has 2 unspecified atom stereocenters. The van der Waals surface area contributed by atoms with Gasteiger partial charge in [0.1, 0.15) is 5.70 Å². The van der Waals surface area contributed by atoms with Crippen molar-refractivity contribution in [2.75, 3.05) is 7.11 Å². The third-order valence-electron chi connectivity index (χ3n) is 4.83. The standard InChI is InChI=1S/C18H19Cl2NO3/c1-9(21-24-2)18(23)17-12(5-10-6-13(17)16(22)7-10)11-3-4-14(19)15(20)8-11/h3-4,8,10,13,16,21-22H,1,5-7H2,2H3/t10?,13-,16?/m1/s1. The lowest BCUT2D eigenvalue weighted by Gasteiger charge is -2.27. The summed E-state index contributed by atoms with van der Waals surface area (Å²) in [5.41, 5.74) is 5.03. The van der Waals surface area contributed by atoms with Crippen LogP contribution in [0, 0.1) is 11.8 Å². The first-order valence-corrected chi connectivity index (χ1v) is 8.57. The Kier molecular flexibility index (Phi) is 5.02. The van der Waals surface area contributed by atoms with E-state index in [0.29, 0.717) is 28.0 Å². The number of fused-ring (bicyclic) bond motifs is 2. The molecular formula is C18H19Cl2NO3. The molecule has 3 atom stereocenters. The van der Waals surface area contributed by atoms with Crippen LogP contribution in [0.2, 0.25) is 10.0 Å². The van der Waals surface area contributed by atoms with E-state index in [0.717, 1.165) is 24.0 Å². The SMILES string of the molecule is C=C(NOC)C(=O)C1=C(c2ccc(Cl)c(Cl)c2)CC2CC(O)[C@H]1C2. The number of carbonyl (C=O) groups excluding carboxylic acids is 1. The first-order valence-electron chi connectivity index (χ1n) is 7.81. The minimum absolute atomic E-state index is 0.155. The van der Waals surface area contributed by atoms with E-state index in [1.807, 2.05) is 6.07 Å². The van der Waals surface area contributed by atoms with Crippen molar-refractivity contribution in [3.63, 3.8) is 0 Å². The summed E-state index contributed by atoms with van der Waals surface area (Å²) >= 11 is 12.2. The molecule has 1 aromatic rings. The minimum Gasteiger partial charge on any atom is -0.392 e. The van der Waals surface area contributed by atoms with Crippen molar-refractivity contribution in [3.05, 3.63) is 51.7 Å². The van der Waals surface area contributed by atoms with Crippen LogP contribution in [-0.4, -0.2) is 24.1 Å².